The van der Waals surface area contributed by atoms with E-state index in [1.165, 1.54) is 6.07 Å². The number of benzene rings is 1. The van der Waals surface area contributed by atoms with Crippen LogP contribution in [0.5, 0.6) is 0 Å². The molecule has 2 rings (SSSR count). The molecular formula is C12H10Br2FNS. The maximum atomic E-state index is 13.7. The number of hydrogen-bond acceptors (Lipinski definition) is 2. The first-order valence-corrected chi connectivity index (χ1v) is 7.35. The number of halogens is 3. The van der Waals surface area contributed by atoms with E-state index >= 15 is 0 Å². The smallest absolute Gasteiger partial charge is 0.128 e. The van der Waals surface area contributed by atoms with E-state index in [0.29, 0.717) is 5.56 Å². The summed E-state index contributed by atoms with van der Waals surface area (Å²) in [5, 5.41) is 0. The lowest BCUT2D eigenvalue weighted by molar-refractivity contribution is 0.600. The van der Waals surface area contributed by atoms with Gasteiger partial charge in [0.15, 0.2) is 0 Å². The van der Waals surface area contributed by atoms with Crippen LogP contribution in [0.3, 0.4) is 0 Å². The second-order valence-electron chi connectivity index (χ2n) is 3.71. The van der Waals surface area contributed by atoms with Crippen molar-refractivity contribution in [1.29, 1.82) is 0 Å². The largest absolute Gasteiger partial charge is 0.319 e. The Morgan fingerprint density at radius 3 is 2.59 bits per heavy atom. The highest BCUT2D eigenvalue weighted by atomic mass is 79.9. The van der Waals surface area contributed by atoms with E-state index in [9.17, 15) is 4.39 Å². The molecule has 0 bridgehead atoms. The fourth-order valence-electron chi connectivity index (χ4n) is 1.61. The minimum Gasteiger partial charge on any atom is -0.319 e. The van der Waals surface area contributed by atoms with Crippen molar-refractivity contribution in [2.75, 3.05) is 0 Å². The zero-order valence-corrected chi connectivity index (χ0v) is 13.0. The summed E-state index contributed by atoms with van der Waals surface area (Å²) in [5.41, 5.74) is 6.62. The van der Waals surface area contributed by atoms with Gasteiger partial charge in [0, 0.05) is 24.3 Å². The summed E-state index contributed by atoms with van der Waals surface area (Å²) in [6.07, 6.45) is 0. The van der Waals surface area contributed by atoms with Gasteiger partial charge in [-0.05, 0) is 47.1 Å². The quantitative estimate of drug-likeness (QED) is 0.800. The van der Waals surface area contributed by atoms with Crippen LogP contribution in [0, 0.1) is 12.7 Å². The molecule has 0 amide bonds. The predicted molar refractivity (Wildman–Crippen MR) is 76.9 cm³/mol. The van der Waals surface area contributed by atoms with Crippen molar-refractivity contribution >= 4 is 43.2 Å². The van der Waals surface area contributed by atoms with E-state index in [4.69, 9.17) is 5.73 Å². The minimum absolute atomic E-state index is 0.279. The lowest BCUT2D eigenvalue weighted by atomic mass is 10.1. The topological polar surface area (TPSA) is 26.0 Å². The Balaban J connectivity index is 2.46. The van der Waals surface area contributed by atoms with Gasteiger partial charge in [-0.2, -0.15) is 0 Å². The molecule has 90 valence electrons. The van der Waals surface area contributed by atoms with Crippen molar-refractivity contribution in [3.05, 3.63) is 54.3 Å². The molecule has 0 fully saturated rings. The second kappa shape index (κ2) is 5.18. The molecule has 1 nitrogen and oxygen atoms in total. The Morgan fingerprint density at radius 2 is 2.00 bits per heavy atom. The molecule has 17 heavy (non-hydrogen) atoms. The van der Waals surface area contributed by atoms with Crippen LogP contribution in [0.25, 0.3) is 0 Å². The molecule has 0 aliphatic rings. The Bertz CT molecular complexity index is 553. The van der Waals surface area contributed by atoms with Crippen molar-refractivity contribution in [3.63, 3.8) is 0 Å². The third-order valence-electron chi connectivity index (χ3n) is 2.41. The molecule has 0 saturated carbocycles. The SMILES string of the molecule is Cc1cc(Br)c(C(N)c2cc(Br)ccc2F)s1. The fraction of sp³-hybridized carbons (Fsp3) is 0.167. The average Bonchev–Trinajstić information content (AvgIpc) is 2.60. The normalized spacial score (nSPS) is 12.8. The molecule has 2 N–H and O–H groups in total. The molecule has 1 atom stereocenters. The van der Waals surface area contributed by atoms with Gasteiger partial charge in [0.25, 0.3) is 0 Å². The monoisotopic (exact) mass is 377 g/mol. The molecule has 1 heterocycles. The predicted octanol–water partition coefficient (Wildman–Crippen LogP) is 4.77. The highest BCUT2D eigenvalue weighted by Gasteiger charge is 2.18. The van der Waals surface area contributed by atoms with Crippen LogP contribution in [0.2, 0.25) is 0 Å². The van der Waals surface area contributed by atoms with Crippen molar-refractivity contribution in [1.82, 2.24) is 0 Å². The van der Waals surface area contributed by atoms with Gasteiger partial charge in [-0.3, -0.25) is 0 Å². The summed E-state index contributed by atoms with van der Waals surface area (Å²) in [7, 11) is 0. The van der Waals surface area contributed by atoms with E-state index < -0.39 is 6.04 Å². The highest BCUT2D eigenvalue weighted by molar-refractivity contribution is 9.10. The Labute approximate surface area is 120 Å². The minimum atomic E-state index is -0.444. The summed E-state index contributed by atoms with van der Waals surface area (Å²) < 4.78 is 15.5. The molecule has 1 aromatic carbocycles. The lowest BCUT2D eigenvalue weighted by Gasteiger charge is -2.12. The van der Waals surface area contributed by atoms with Gasteiger partial charge in [0.1, 0.15) is 5.82 Å². The van der Waals surface area contributed by atoms with E-state index in [-0.39, 0.29) is 5.82 Å². The summed E-state index contributed by atoms with van der Waals surface area (Å²) in [5.74, 6) is -0.279. The Hall–Kier alpha value is -0.230. The van der Waals surface area contributed by atoms with Gasteiger partial charge in [-0.15, -0.1) is 11.3 Å². The number of hydrogen-bond donors (Lipinski definition) is 1. The van der Waals surface area contributed by atoms with Crippen LogP contribution in [-0.4, -0.2) is 0 Å². The van der Waals surface area contributed by atoms with Crippen LogP contribution in [0.15, 0.2) is 33.2 Å². The second-order valence-corrected chi connectivity index (χ2v) is 6.77. The summed E-state index contributed by atoms with van der Waals surface area (Å²) >= 11 is 8.36. The van der Waals surface area contributed by atoms with Crippen LogP contribution in [0.4, 0.5) is 4.39 Å². The van der Waals surface area contributed by atoms with E-state index in [1.807, 2.05) is 13.0 Å². The first-order valence-electron chi connectivity index (χ1n) is 4.95. The van der Waals surface area contributed by atoms with Gasteiger partial charge < -0.3 is 5.73 Å². The third kappa shape index (κ3) is 2.78. The first-order chi connectivity index (χ1) is 7.99. The Morgan fingerprint density at radius 1 is 1.29 bits per heavy atom. The van der Waals surface area contributed by atoms with Gasteiger partial charge >= 0.3 is 0 Å². The zero-order valence-electron chi connectivity index (χ0n) is 9.01. The molecule has 0 saturated heterocycles. The van der Waals surface area contributed by atoms with Gasteiger partial charge in [-0.25, -0.2) is 4.39 Å². The van der Waals surface area contributed by atoms with E-state index in [0.717, 1.165) is 18.7 Å². The number of aryl methyl sites for hydroxylation is 1. The van der Waals surface area contributed by atoms with E-state index in [2.05, 4.69) is 31.9 Å². The zero-order chi connectivity index (χ0) is 12.6. The van der Waals surface area contributed by atoms with Gasteiger partial charge in [-0.1, -0.05) is 15.9 Å². The summed E-state index contributed by atoms with van der Waals surface area (Å²) in [6.45, 7) is 2.00. The number of thiophene rings is 1. The highest BCUT2D eigenvalue weighted by Crippen LogP contribution is 2.35. The maximum Gasteiger partial charge on any atom is 0.128 e. The maximum absolute atomic E-state index is 13.7. The van der Waals surface area contributed by atoms with Crippen LogP contribution in [0.1, 0.15) is 21.4 Å². The van der Waals surface area contributed by atoms with Crippen molar-refractivity contribution in [2.24, 2.45) is 5.73 Å². The van der Waals surface area contributed by atoms with Crippen LogP contribution < -0.4 is 5.73 Å². The third-order valence-corrected chi connectivity index (χ3v) is 4.96. The summed E-state index contributed by atoms with van der Waals surface area (Å²) in [4.78, 5) is 2.09. The van der Waals surface area contributed by atoms with Crippen molar-refractivity contribution < 1.29 is 4.39 Å². The van der Waals surface area contributed by atoms with Gasteiger partial charge in [0.2, 0.25) is 0 Å². The lowest BCUT2D eigenvalue weighted by Crippen LogP contribution is -2.12. The van der Waals surface area contributed by atoms with Crippen molar-refractivity contribution in [3.8, 4) is 0 Å². The fourth-order valence-corrected chi connectivity index (χ4v) is 3.90. The molecule has 5 heteroatoms. The average molecular weight is 379 g/mol. The number of nitrogens with two attached hydrogens (primary N) is 1. The summed E-state index contributed by atoms with van der Waals surface area (Å²) in [6, 6.07) is 6.37. The molecule has 1 aromatic heterocycles. The Kier molecular flexibility index (Phi) is 4.02. The van der Waals surface area contributed by atoms with Crippen molar-refractivity contribution in [2.45, 2.75) is 13.0 Å². The van der Waals surface area contributed by atoms with Crippen LogP contribution >= 0.6 is 43.2 Å². The molecular weight excluding hydrogens is 369 g/mol. The van der Waals surface area contributed by atoms with Crippen LogP contribution in [-0.2, 0) is 0 Å². The molecule has 0 spiro atoms. The van der Waals surface area contributed by atoms with Gasteiger partial charge in [0.05, 0.1) is 6.04 Å². The molecule has 2 aromatic rings. The standard InChI is InChI=1S/C12H10Br2FNS/c1-6-4-9(14)12(17-6)11(16)8-5-7(13)2-3-10(8)15/h2-5,11H,16H2,1H3. The molecule has 1 unspecified atom stereocenters. The van der Waals surface area contributed by atoms with E-state index in [1.54, 1.807) is 23.5 Å². The first kappa shape index (κ1) is 13.2. The molecule has 0 radical (unpaired) electrons. The molecule has 0 aliphatic carbocycles. The molecule has 0 aliphatic heterocycles. The number of rotatable bonds is 2.